The highest BCUT2D eigenvalue weighted by atomic mass is 32.1. The van der Waals surface area contributed by atoms with Crippen LogP contribution in [-0.4, -0.2) is 12.5 Å². The Labute approximate surface area is 295 Å². The number of rotatable bonds is 18. The summed E-state index contributed by atoms with van der Waals surface area (Å²) in [6.45, 7) is 6.73. The molecular weight excluding hydrogens is 661 g/mol. The number of carbonyl (C=O) groups is 1. The van der Waals surface area contributed by atoms with Gasteiger partial charge in [-0.1, -0.05) is 52.4 Å². The van der Waals surface area contributed by atoms with Crippen LogP contribution in [0.25, 0.3) is 39.0 Å². The van der Waals surface area contributed by atoms with Crippen LogP contribution >= 0.6 is 56.7 Å². The summed E-state index contributed by atoms with van der Waals surface area (Å²) in [5, 5.41) is 11.9. The minimum absolute atomic E-state index is 0.196. The average Bonchev–Trinajstić information content (AvgIpc) is 3.90. The number of hydrogen-bond donors (Lipinski definition) is 1. The van der Waals surface area contributed by atoms with Gasteiger partial charge >= 0.3 is 0 Å². The molecular formula is C38H44N2OS5. The number of hydrogen-bond acceptors (Lipinski definition) is 7. The Morgan fingerprint density at radius 1 is 0.652 bits per heavy atom. The summed E-state index contributed by atoms with van der Waals surface area (Å²) in [5.41, 5.74) is 1.47. The van der Waals surface area contributed by atoms with Gasteiger partial charge in [-0.2, -0.15) is 5.26 Å². The fourth-order valence-corrected chi connectivity index (χ4v) is 11.1. The monoisotopic (exact) mass is 704 g/mol. The first-order valence-corrected chi connectivity index (χ1v) is 20.8. The normalized spacial score (nSPS) is 12.0. The zero-order chi connectivity index (χ0) is 32.3. The lowest BCUT2D eigenvalue weighted by molar-refractivity contribution is -0.122. The molecule has 5 aromatic rings. The molecule has 1 atom stereocenters. The van der Waals surface area contributed by atoms with Crippen LogP contribution in [0.1, 0.15) is 87.5 Å². The lowest BCUT2D eigenvalue weighted by Crippen LogP contribution is -2.30. The summed E-state index contributed by atoms with van der Waals surface area (Å²) in [4.78, 5) is 25.6. The zero-order valence-corrected chi connectivity index (χ0v) is 31.2. The molecule has 242 valence electrons. The molecule has 0 aromatic carbocycles. The molecule has 5 rings (SSSR count). The van der Waals surface area contributed by atoms with Gasteiger partial charge in [-0.3, -0.25) is 4.79 Å². The lowest BCUT2D eigenvalue weighted by Gasteiger charge is -2.04. The molecule has 0 saturated heterocycles. The summed E-state index contributed by atoms with van der Waals surface area (Å²) >= 11 is 9.54. The highest BCUT2D eigenvalue weighted by molar-refractivity contribution is 7.29. The standard InChI is InChI=1S/C38H44N2OS5/c1-4-6-8-10-12-27-24-36(34-17-15-29(43-34)22-23-40-38(41)26(3)25-39)46-37(27)35-21-20-33(45-35)32-19-18-31(44-32)30-16-14-28(42-30)13-11-9-7-5-2/h14-21,24,26H,4-13,22-23H2,1-3H3,(H,40,41)/t26-/m0/s1. The first-order valence-electron chi connectivity index (χ1n) is 16.7. The number of nitriles is 1. The van der Waals surface area contributed by atoms with Gasteiger partial charge in [-0.15, -0.1) is 56.7 Å². The second-order valence-electron chi connectivity index (χ2n) is 11.8. The summed E-state index contributed by atoms with van der Waals surface area (Å²) in [5.74, 6) is -0.810. The molecule has 1 amide bonds. The first-order chi connectivity index (χ1) is 22.5. The Balaban J connectivity index is 1.30. The maximum absolute atomic E-state index is 12.0. The van der Waals surface area contributed by atoms with Crippen LogP contribution in [0.4, 0.5) is 0 Å². The second-order valence-corrected chi connectivity index (χ2v) is 17.4. The van der Waals surface area contributed by atoms with Crippen LogP contribution in [0.2, 0.25) is 0 Å². The Morgan fingerprint density at radius 2 is 1.17 bits per heavy atom. The van der Waals surface area contributed by atoms with E-state index in [4.69, 9.17) is 5.26 Å². The molecule has 0 spiro atoms. The van der Waals surface area contributed by atoms with Gasteiger partial charge in [-0.25, -0.2) is 0 Å². The topological polar surface area (TPSA) is 52.9 Å². The Morgan fingerprint density at radius 3 is 1.80 bits per heavy atom. The minimum Gasteiger partial charge on any atom is -0.355 e. The van der Waals surface area contributed by atoms with Crippen molar-refractivity contribution < 1.29 is 4.79 Å². The molecule has 5 heterocycles. The number of nitrogens with one attached hydrogen (secondary N) is 1. The molecule has 0 aliphatic rings. The molecule has 5 aromatic heterocycles. The quantitative estimate of drug-likeness (QED) is 0.0923. The summed E-state index contributed by atoms with van der Waals surface area (Å²) in [7, 11) is 0. The molecule has 0 fully saturated rings. The van der Waals surface area contributed by atoms with Gasteiger partial charge in [0.15, 0.2) is 0 Å². The fraction of sp³-hybridized carbons (Fsp3) is 0.421. The number of nitrogens with zero attached hydrogens (tertiary/aromatic N) is 1. The van der Waals surface area contributed by atoms with Gasteiger partial charge in [0.2, 0.25) is 5.91 Å². The van der Waals surface area contributed by atoms with E-state index in [9.17, 15) is 4.79 Å². The molecule has 0 saturated carbocycles. The van der Waals surface area contributed by atoms with Gasteiger partial charge in [0, 0.05) is 55.3 Å². The fourth-order valence-electron chi connectivity index (χ4n) is 5.42. The van der Waals surface area contributed by atoms with E-state index in [1.54, 1.807) is 6.92 Å². The first kappa shape index (κ1) is 34.8. The lowest BCUT2D eigenvalue weighted by atomic mass is 10.1. The zero-order valence-electron chi connectivity index (χ0n) is 27.2. The summed E-state index contributed by atoms with van der Waals surface area (Å²) < 4.78 is 0. The number of carbonyl (C=O) groups excluding carboxylic acids is 1. The van der Waals surface area contributed by atoms with Gasteiger partial charge < -0.3 is 5.32 Å². The van der Waals surface area contributed by atoms with E-state index in [0.717, 1.165) is 12.8 Å². The molecule has 0 unspecified atom stereocenters. The van der Waals surface area contributed by atoms with Crippen LogP contribution in [0.3, 0.4) is 0 Å². The Hall–Kier alpha value is -2.54. The van der Waals surface area contributed by atoms with Crippen molar-refractivity contribution in [3.8, 4) is 45.1 Å². The maximum atomic E-state index is 12.0. The van der Waals surface area contributed by atoms with Crippen molar-refractivity contribution in [3.05, 3.63) is 69.9 Å². The molecule has 0 bridgehead atoms. The summed E-state index contributed by atoms with van der Waals surface area (Å²) in [6.07, 6.45) is 13.4. The smallest absolute Gasteiger partial charge is 0.237 e. The molecule has 0 aliphatic carbocycles. The van der Waals surface area contributed by atoms with Crippen molar-refractivity contribution >= 4 is 62.6 Å². The van der Waals surface area contributed by atoms with Gasteiger partial charge in [0.1, 0.15) is 5.92 Å². The van der Waals surface area contributed by atoms with Crippen molar-refractivity contribution in [2.24, 2.45) is 5.92 Å². The van der Waals surface area contributed by atoms with Crippen molar-refractivity contribution in [2.75, 3.05) is 6.54 Å². The van der Waals surface area contributed by atoms with Gasteiger partial charge in [-0.05, 0) is 99.2 Å². The van der Waals surface area contributed by atoms with Crippen molar-refractivity contribution in [1.82, 2.24) is 5.32 Å². The van der Waals surface area contributed by atoms with E-state index in [-0.39, 0.29) is 5.91 Å². The average molecular weight is 705 g/mol. The molecule has 8 heteroatoms. The summed E-state index contributed by atoms with van der Waals surface area (Å²) in [6, 6.07) is 22.7. The number of amides is 1. The van der Waals surface area contributed by atoms with Crippen LogP contribution in [0.15, 0.2) is 54.6 Å². The molecule has 1 N–H and O–H groups in total. The van der Waals surface area contributed by atoms with Crippen LogP contribution in [0.5, 0.6) is 0 Å². The maximum Gasteiger partial charge on any atom is 0.237 e. The van der Waals surface area contributed by atoms with E-state index in [1.807, 2.05) is 62.8 Å². The van der Waals surface area contributed by atoms with Crippen LogP contribution in [-0.2, 0) is 24.1 Å². The van der Waals surface area contributed by atoms with Crippen LogP contribution < -0.4 is 5.32 Å². The van der Waals surface area contributed by atoms with E-state index in [1.165, 1.54) is 112 Å². The number of thiophene rings is 5. The third kappa shape index (κ3) is 9.29. The van der Waals surface area contributed by atoms with E-state index >= 15 is 0 Å². The number of aryl methyl sites for hydroxylation is 2. The molecule has 0 aliphatic heterocycles. The highest BCUT2D eigenvalue weighted by Gasteiger charge is 2.17. The second kappa shape index (κ2) is 17.6. The minimum atomic E-state index is -0.613. The number of unbranched alkanes of at least 4 members (excludes halogenated alkanes) is 6. The Bertz CT molecular complexity index is 1720. The van der Waals surface area contributed by atoms with Gasteiger partial charge in [0.05, 0.1) is 6.07 Å². The highest BCUT2D eigenvalue weighted by Crippen LogP contribution is 2.46. The van der Waals surface area contributed by atoms with E-state index in [0.29, 0.717) is 6.54 Å². The predicted octanol–water partition coefficient (Wildman–Crippen LogP) is 12.7. The third-order valence-electron chi connectivity index (χ3n) is 8.13. The Kier molecular flexibility index (Phi) is 13.3. The largest absolute Gasteiger partial charge is 0.355 e. The van der Waals surface area contributed by atoms with Crippen LogP contribution in [0, 0.1) is 17.2 Å². The van der Waals surface area contributed by atoms with Gasteiger partial charge in [0.25, 0.3) is 0 Å². The molecule has 3 nitrogen and oxygen atoms in total. The van der Waals surface area contributed by atoms with E-state index < -0.39 is 5.92 Å². The van der Waals surface area contributed by atoms with Crippen molar-refractivity contribution in [2.45, 2.75) is 91.4 Å². The predicted molar refractivity (Wildman–Crippen MR) is 205 cm³/mol. The SMILES string of the molecule is CCCCCCc1ccc(-c2ccc(-c3ccc(-c4sc(-c5ccc(CCNC(=O)[C@@H](C)C#N)s5)cc4CCCCCC)s3)s2)s1. The van der Waals surface area contributed by atoms with Crippen molar-refractivity contribution in [3.63, 3.8) is 0 Å². The van der Waals surface area contributed by atoms with E-state index in [2.05, 4.69) is 73.8 Å². The van der Waals surface area contributed by atoms with Crippen molar-refractivity contribution in [1.29, 1.82) is 5.26 Å². The third-order valence-corrected chi connectivity index (χ3v) is 14.5. The molecule has 46 heavy (non-hydrogen) atoms. The molecule has 0 radical (unpaired) electrons.